The van der Waals surface area contributed by atoms with E-state index in [2.05, 4.69) is 20.9 Å². The fourth-order valence-electron chi connectivity index (χ4n) is 4.33. The first-order chi connectivity index (χ1) is 20.5. The van der Waals surface area contributed by atoms with Gasteiger partial charge in [-0.1, -0.05) is 44.2 Å². The molecule has 6 N–H and O–H groups in total. The fraction of sp³-hybridized carbons (Fsp3) is 0.333. The maximum absolute atomic E-state index is 13.6. The number of hydrogen-bond donors (Lipinski definition) is 6. The van der Waals surface area contributed by atoms with Crippen LogP contribution >= 0.6 is 0 Å². The van der Waals surface area contributed by atoms with E-state index in [0.717, 1.165) is 5.56 Å². The molecule has 0 aliphatic carbocycles. The Balaban J connectivity index is 1.79. The van der Waals surface area contributed by atoms with E-state index in [4.69, 9.17) is 9.47 Å². The molecule has 1 heterocycles. The van der Waals surface area contributed by atoms with Gasteiger partial charge >= 0.3 is 7.12 Å². The number of ether oxygens (including phenoxy) is 2. The molecule has 0 aliphatic heterocycles. The van der Waals surface area contributed by atoms with E-state index in [0.29, 0.717) is 17.1 Å². The lowest BCUT2D eigenvalue weighted by molar-refractivity contribution is -0.131. The number of aromatic amines is 1. The molecule has 3 amide bonds. The van der Waals surface area contributed by atoms with Crippen molar-refractivity contribution in [1.82, 2.24) is 20.9 Å². The molecule has 43 heavy (non-hydrogen) atoms. The third kappa shape index (κ3) is 9.72. The van der Waals surface area contributed by atoms with Crippen molar-refractivity contribution < 1.29 is 33.9 Å². The van der Waals surface area contributed by atoms with Crippen LogP contribution in [0.5, 0.6) is 11.5 Å². The van der Waals surface area contributed by atoms with Gasteiger partial charge in [-0.05, 0) is 53.8 Å². The van der Waals surface area contributed by atoms with Crippen molar-refractivity contribution in [2.24, 2.45) is 5.92 Å². The number of H-pyrrole nitrogens is 1. The van der Waals surface area contributed by atoms with Gasteiger partial charge in [0, 0.05) is 12.5 Å². The lowest BCUT2D eigenvalue weighted by atomic mass is 9.75. The Morgan fingerprint density at radius 3 is 1.84 bits per heavy atom. The number of pyridine rings is 1. The summed E-state index contributed by atoms with van der Waals surface area (Å²) in [5.74, 6) is -2.17. The van der Waals surface area contributed by atoms with Gasteiger partial charge in [-0.3, -0.25) is 19.2 Å². The van der Waals surface area contributed by atoms with Crippen LogP contribution in [0.3, 0.4) is 0 Å². The van der Waals surface area contributed by atoms with Crippen molar-refractivity contribution in [3.05, 3.63) is 93.9 Å². The van der Waals surface area contributed by atoms with Crippen LogP contribution < -0.4 is 31.0 Å². The molecule has 228 valence electrons. The summed E-state index contributed by atoms with van der Waals surface area (Å²) in [5, 5.41) is 28.0. The molecular formula is C30H37BN4O8. The third-order valence-corrected chi connectivity index (χ3v) is 6.78. The summed E-state index contributed by atoms with van der Waals surface area (Å²) in [7, 11) is 1.19. The van der Waals surface area contributed by atoms with Gasteiger partial charge in [-0.25, -0.2) is 0 Å². The van der Waals surface area contributed by atoms with Gasteiger partial charge in [0.2, 0.25) is 17.4 Å². The number of hydrogen-bond acceptors (Lipinski definition) is 8. The highest BCUT2D eigenvalue weighted by molar-refractivity contribution is 6.43. The van der Waals surface area contributed by atoms with Crippen LogP contribution in [0.1, 0.15) is 35.5 Å². The Morgan fingerprint density at radius 2 is 1.35 bits per heavy atom. The Morgan fingerprint density at radius 1 is 0.791 bits per heavy atom. The number of benzene rings is 2. The molecule has 0 aliphatic rings. The van der Waals surface area contributed by atoms with E-state index in [-0.39, 0.29) is 18.5 Å². The molecule has 0 spiro atoms. The van der Waals surface area contributed by atoms with Crippen molar-refractivity contribution in [1.29, 1.82) is 0 Å². The Labute approximate surface area is 250 Å². The molecule has 0 saturated heterocycles. The first-order valence-corrected chi connectivity index (χ1v) is 13.7. The monoisotopic (exact) mass is 592 g/mol. The van der Waals surface area contributed by atoms with Crippen LogP contribution in [-0.4, -0.2) is 72.1 Å². The molecule has 0 unspecified atom stereocenters. The van der Waals surface area contributed by atoms with E-state index in [1.165, 1.54) is 32.4 Å². The average Bonchev–Trinajstić information content (AvgIpc) is 2.99. The number of rotatable bonds is 14. The van der Waals surface area contributed by atoms with Gasteiger partial charge in [0.1, 0.15) is 29.3 Å². The van der Waals surface area contributed by atoms with E-state index in [1.807, 2.05) is 0 Å². The fourth-order valence-corrected chi connectivity index (χ4v) is 4.33. The number of methoxy groups -OCH3 is 2. The van der Waals surface area contributed by atoms with Crippen molar-refractivity contribution in [2.75, 3.05) is 14.2 Å². The van der Waals surface area contributed by atoms with E-state index in [1.54, 1.807) is 62.4 Å². The molecular weight excluding hydrogens is 555 g/mol. The molecule has 3 rings (SSSR count). The van der Waals surface area contributed by atoms with Crippen molar-refractivity contribution in [3.63, 3.8) is 0 Å². The number of carbonyl (C=O) groups is 3. The summed E-state index contributed by atoms with van der Waals surface area (Å²) >= 11 is 0. The maximum Gasteiger partial charge on any atom is 0.475 e. The molecule has 0 saturated carbocycles. The van der Waals surface area contributed by atoms with Gasteiger partial charge in [0.15, 0.2) is 0 Å². The zero-order chi connectivity index (χ0) is 31.5. The molecule has 2 aromatic carbocycles. The minimum atomic E-state index is -1.87. The summed E-state index contributed by atoms with van der Waals surface area (Å²) < 4.78 is 10.3. The molecule has 3 aromatic rings. The summed E-state index contributed by atoms with van der Waals surface area (Å²) in [4.78, 5) is 54.1. The maximum atomic E-state index is 13.6. The van der Waals surface area contributed by atoms with Crippen molar-refractivity contribution >= 4 is 24.8 Å². The lowest BCUT2D eigenvalue weighted by Gasteiger charge is -2.27. The van der Waals surface area contributed by atoms with Crippen LogP contribution in [0.2, 0.25) is 0 Å². The minimum absolute atomic E-state index is 0.0310. The molecule has 0 radical (unpaired) electrons. The van der Waals surface area contributed by atoms with Gasteiger partial charge in [-0.2, -0.15) is 0 Å². The number of aromatic nitrogens is 1. The molecule has 1 aromatic heterocycles. The average molecular weight is 592 g/mol. The summed E-state index contributed by atoms with van der Waals surface area (Å²) in [6, 6.07) is 15.7. The predicted molar refractivity (Wildman–Crippen MR) is 161 cm³/mol. The highest BCUT2D eigenvalue weighted by atomic mass is 16.5. The summed E-state index contributed by atoms with van der Waals surface area (Å²) in [5.41, 5.74) is 0.925. The van der Waals surface area contributed by atoms with Crippen LogP contribution in [0, 0.1) is 5.92 Å². The molecule has 0 bridgehead atoms. The molecule has 3 atom stereocenters. The Kier molecular flexibility index (Phi) is 11.9. The predicted octanol–water partition coefficient (Wildman–Crippen LogP) is 0.614. The van der Waals surface area contributed by atoms with Crippen LogP contribution in [0.4, 0.5) is 0 Å². The quantitative estimate of drug-likeness (QED) is 0.148. The smallest absolute Gasteiger partial charge is 0.475 e. The zero-order valence-electron chi connectivity index (χ0n) is 24.5. The highest BCUT2D eigenvalue weighted by Crippen LogP contribution is 2.15. The van der Waals surface area contributed by atoms with E-state index < -0.39 is 54.3 Å². The van der Waals surface area contributed by atoms with Crippen LogP contribution in [-0.2, 0) is 22.4 Å². The highest BCUT2D eigenvalue weighted by Gasteiger charge is 2.33. The first kappa shape index (κ1) is 32.9. The van der Waals surface area contributed by atoms with Crippen LogP contribution in [0.25, 0.3) is 0 Å². The van der Waals surface area contributed by atoms with Crippen LogP contribution in [0.15, 0.2) is 71.5 Å². The van der Waals surface area contributed by atoms with Crippen molar-refractivity contribution in [3.8, 4) is 11.5 Å². The van der Waals surface area contributed by atoms with E-state index in [9.17, 15) is 29.2 Å². The number of nitrogens with one attached hydrogen (secondary N) is 4. The summed E-state index contributed by atoms with van der Waals surface area (Å²) in [6.45, 7) is 3.45. The van der Waals surface area contributed by atoms with Gasteiger partial charge in [-0.15, -0.1) is 0 Å². The Hall–Kier alpha value is -4.62. The normalized spacial score (nSPS) is 12.9. The third-order valence-electron chi connectivity index (χ3n) is 6.78. The largest absolute Gasteiger partial charge is 0.497 e. The van der Waals surface area contributed by atoms with E-state index >= 15 is 0 Å². The van der Waals surface area contributed by atoms with Crippen molar-refractivity contribution in [2.45, 2.75) is 44.7 Å². The number of carbonyl (C=O) groups excluding carboxylic acids is 3. The van der Waals surface area contributed by atoms with Gasteiger partial charge < -0.3 is 40.5 Å². The second kappa shape index (κ2) is 15.6. The standard InChI is InChI=1S/C30H37BN4O8/c1-18(2)27(30(39)34-25(31(40)41)17-20-10-14-22(43-4)15-11-20)35-29(38)24(16-19-8-12-21(42-3)13-9-19)33-28(37)23-6-5-7-26(36)32-23/h5-15,18,24-25,27,40-41H,16-17H2,1-4H3,(H,32,36)(H,33,37)(H,34,39)(H,35,38)/t24-,25-,27-/m0/s1. The Bertz CT molecular complexity index is 1430. The molecule has 12 nitrogen and oxygen atoms in total. The van der Waals surface area contributed by atoms with Gasteiger partial charge in [0.05, 0.1) is 20.2 Å². The lowest BCUT2D eigenvalue weighted by Crippen LogP contribution is -2.59. The first-order valence-electron chi connectivity index (χ1n) is 13.7. The number of amides is 3. The molecule has 13 heteroatoms. The molecule has 0 fully saturated rings. The second-order valence-electron chi connectivity index (χ2n) is 10.3. The zero-order valence-corrected chi connectivity index (χ0v) is 24.5. The SMILES string of the molecule is COc1ccc(C[C@H](NC(=O)[C@@H](NC(=O)[C@H](Cc2ccc(OC)cc2)NC(=O)c2cccc(=O)[nH]2)C(C)C)B(O)O)cc1. The summed E-state index contributed by atoms with van der Waals surface area (Å²) in [6.07, 6.45) is 0.179. The van der Waals surface area contributed by atoms with Gasteiger partial charge in [0.25, 0.3) is 5.91 Å². The minimum Gasteiger partial charge on any atom is -0.497 e. The second-order valence-corrected chi connectivity index (χ2v) is 10.3. The topological polar surface area (TPSA) is 179 Å².